The van der Waals surface area contributed by atoms with Gasteiger partial charge in [-0.1, -0.05) is 32.4 Å². The molecular formula is C20H25ClN2O3. The lowest BCUT2D eigenvalue weighted by atomic mass is 9.93. The van der Waals surface area contributed by atoms with Gasteiger partial charge in [-0.05, 0) is 31.2 Å². The van der Waals surface area contributed by atoms with E-state index in [0.29, 0.717) is 35.2 Å². The van der Waals surface area contributed by atoms with Crippen LogP contribution in [-0.2, 0) is 10.2 Å². The molecule has 2 aromatic rings. The molecule has 0 saturated carbocycles. The first-order valence-electron chi connectivity index (χ1n) is 8.80. The van der Waals surface area contributed by atoms with Crippen LogP contribution in [0.5, 0.6) is 0 Å². The van der Waals surface area contributed by atoms with E-state index in [4.69, 9.17) is 20.8 Å². The molecule has 1 N–H and O–H groups in total. The Morgan fingerprint density at radius 1 is 1.19 bits per heavy atom. The van der Waals surface area contributed by atoms with E-state index in [1.54, 1.807) is 13.0 Å². The minimum absolute atomic E-state index is 0.146. The zero-order chi connectivity index (χ0) is 18.9. The maximum atomic E-state index is 12.6. The first-order chi connectivity index (χ1) is 12.3. The lowest BCUT2D eigenvalue weighted by Gasteiger charge is -2.29. The van der Waals surface area contributed by atoms with E-state index >= 15 is 0 Å². The second-order valence-electron chi connectivity index (χ2n) is 7.55. The molecule has 1 aliphatic rings. The third kappa shape index (κ3) is 4.05. The van der Waals surface area contributed by atoms with E-state index in [1.165, 1.54) is 0 Å². The van der Waals surface area contributed by atoms with Crippen molar-refractivity contribution in [2.75, 3.05) is 36.5 Å². The fraction of sp³-hybridized carbons (Fsp3) is 0.450. The highest BCUT2D eigenvalue weighted by Gasteiger charge is 2.23. The second-order valence-corrected chi connectivity index (χ2v) is 7.96. The van der Waals surface area contributed by atoms with Crippen LogP contribution in [0.3, 0.4) is 0 Å². The summed E-state index contributed by atoms with van der Waals surface area (Å²) in [4.78, 5) is 14.8. The summed E-state index contributed by atoms with van der Waals surface area (Å²) < 4.78 is 11.1. The quantitative estimate of drug-likeness (QED) is 0.848. The van der Waals surface area contributed by atoms with Gasteiger partial charge in [0.25, 0.3) is 5.91 Å². The van der Waals surface area contributed by atoms with Crippen LogP contribution >= 0.6 is 11.6 Å². The van der Waals surface area contributed by atoms with Gasteiger partial charge in [0.15, 0.2) is 0 Å². The maximum Gasteiger partial charge on any atom is 0.259 e. The zero-order valence-electron chi connectivity index (χ0n) is 15.7. The Balaban J connectivity index is 1.75. The number of furan rings is 1. The third-order valence-corrected chi connectivity index (χ3v) is 4.76. The van der Waals surface area contributed by atoms with Gasteiger partial charge in [-0.25, -0.2) is 0 Å². The number of nitrogens with zero attached hydrogens (tertiary/aromatic N) is 1. The summed E-state index contributed by atoms with van der Waals surface area (Å²) in [7, 11) is 0. The molecule has 3 rings (SSSR count). The number of carbonyl (C=O) groups excluding carboxylic acids is 1. The Hall–Kier alpha value is -1.98. The van der Waals surface area contributed by atoms with E-state index in [9.17, 15) is 4.79 Å². The Kier molecular flexibility index (Phi) is 5.30. The van der Waals surface area contributed by atoms with Crippen molar-refractivity contribution in [2.45, 2.75) is 33.1 Å². The van der Waals surface area contributed by atoms with Crippen molar-refractivity contribution in [3.05, 3.63) is 46.4 Å². The Labute approximate surface area is 159 Å². The average Bonchev–Trinajstić information content (AvgIpc) is 2.98. The molecule has 0 atom stereocenters. The monoisotopic (exact) mass is 376 g/mol. The number of morpholine rings is 1. The Morgan fingerprint density at radius 3 is 2.46 bits per heavy atom. The lowest BCUT2D eigenvalue weighted by Crippen LogP contribution is -2.36. The van der Waals surface area contributed by atoms with Gasteiger partial charge in [0, 0.05) is 24.2 Å². The number of ether oxygens (including phenoxy) is 1. The van der Waals surface area contributed by atoms with Crippen molar-refractivity contribution in [3.8, 4) is 0 Å². The van der Waals surface area contributed by atoms with Crippen LogP contribution in [0.15, 0.2) is 28.7 Å². The van der Waals surface area contributed by atoms with Gasteiger partial charge in [0.2, 0.25) is 0 Å². The summed E-state index contributed by atoms with van der Waals surface area (Å²) in [5, 5.41) is 3.52. The lowest BCUT2D eigenvalue weighted by molar-refractivity contribution is 0.102. The third-order valence-electron chi connectivity index (χ3n) is 4.46. The van der Waals surface area contributed by atoms with Crippen molar-refractivity contribution in [2.24, 2.45) is 0 Å². The van der Waals surface area contributed by atoms with Crippen LogP contribution < -0.4 is 10.2 Å². The molecule has 0 bridgehead atoms. The Bertz CT molecular complexity index is 802. The standard InChI is InChI=1S/C20H25ClN2O3/c1-13-15(12-18(26-13)20(2,3)4)19(24)22-14-5-6-17(16(21)11-14)23-7-9-25-10-8-23/h5-6,11-12H,7-10H2,1-4H3,(H,22,24). The molecule has 1 fully saturated rings. The maximum absolute atomic E-state index is 12.6. The van der Waals surface area contributed by atoms with Crippen LogP contribution in [0.4, 0.5) is 11.4 Å². The summed E-state index contributed by atoms with van der Waals surface area (Å²) in [5.41, 5.74) is 2.02. The number of carbonyl (C=O) groups is 1. The van der Waals surface area contributed by atoms with Gasteiger partial charge in [-0.2, -0.15) is 0 Å². The van der Waals surface area contributed by atoms with Gasteiger partial charge in [0.1, 0.15) is 11.5 Å². The molecule has 6 heteroatoms. The number of aryl methyl sites for hydroxylation is 1. The van der Waals surface area contributed by atoms with E-state index in [-0.39, 0.29) is 11.3 Å². The summed E-state index contributed by atoms with van der Waals surface area (Å²) in [5.74, 6) is 1.21. The van der Waals surface area contributed by atoms with Crippen molar-refractivity contribution < 1.29 is 13.9 Å². The number of nitrogens with one attached hydrogen (secondary N) is 1. The molecule has 1 aliphatic heterocycles. The molecule has 26 heavy (non-hydrogen) atoms. The Morgan fingerprint density at radius 2 is 1.88 bits per heavy atom. The second kappa shape index (κ2) is 7.33. The van der Waals surface area contributed by atoms with Crippen molar-refractivity contribution in [1.82, 2.24) is 0 Å². The zero-order valence-corrected chi connectivity index (χ0v) is 16.4. The molecular weight excluding hydrogens is 352 g/mol. The van der Waals surface area contributed by atoms with Crippen LogP contribution in [0.2, 0.25) is 5.02 Å². The average molecular weight is 377 g/mol. The molecule has 2 heterocycles. The van der Waals surface area contributed by atoms with Crippen molar-refractivity contribution in [3.63, 3.8) is 0 Å². The largest absolute Gasteiger partial charge is 0.465 e. The first-order valence-corrected chi connectivity index (χ1v) is 9.18. The minimum atomic E-state index is -0.197. The number of hydrogen-bond acceptors (Lipinski definition) is 4. The number of amides is 1. The number of benzene rings is 1. The molecule has 1 saturated heterocycles. The van der Waals surface area contributed by atoms with Crippen molar-refractivity contribution >= 4 is 28.9 Å². The summed E-state index contributed by atoms with van der Waals surface area (Å²) in [6, 6.07) is 7.40. The number of halogens is 1. The fourth-order valence-electron chi connectivity index (χ4n) is 2.92. The normalized spacial score (nSPS) is 15.2. The molecule has 1 amide bonds. The minimum Gasteiger partial charge on any atom is -0.465 e. The summed E-state index contributed by atoms with van der Waals surface area (Å²) in [6.07, 6.45) is 0. The summed E-state index contributed by atoms with van der Waals surface area (Å²) >= 11 is 6.44. The van der Waals surface area contributed by atoms with Crippen LogP contribution in [0.1, 0.15) is 42.6 Å². The van der Waals surface area contributed by atoms with Gasteiger partial charge in [-0.15, -0.1) is 0 Å². The van der Waals surface area contributed by atoms with Gasteiger partial charge in [-0.3, -0.25) is 4.79 Å². The highest BCUT2D eigenvalue weighted by molar-refractivity contribution is 6.33. The molecule has 1 aromatic heterocycles. The molecule has 5 nitrogen and oxygen atoms in total. The van der Waals surface area contributed by atoms with Crippen LogP contribution in [0, 0.1) is 6.92 Å². The fourth-order valence-corrected chi connectivity index (χ4v) is 3.22. The molecule has 0 aliphatic carbocycles. The summed E-state index contributed by atoms with van der Waals surface area (Å²) in [6.45, 7) is 11.0. The molecule has 0 unspecified atom stereocenters. The van der Waals surface area contributed by atoms with E-state index in [0.717, 1.165) is 24.5 Å². The predicted molar refractivity (Wildman–Crippen MR) is 105 cm³/mol. The molecule has 0 radical (unpaired) electrons. The number of hydrogen-bond donors (Lipinski definition) is 1. The van der Waals surface area contributed by atoms with E-state index in [2.05, 4.69) is 31.0 Å². The van der Waals surface area contributed by atoms with Gasteiger partial charge in [0.05, 0.1) is 29.5 Å². The number of anilines is 2. The smallest absolute Gasteiger partial charge is 0.259 e. The van der Waals surface area contributed by atoms with Crippen molar-refractivity contribution in [1.29, 1.82) is 0 Å². The molecule has 140 valence electrons. The molecule has 0 spiro atoms. The van der Waals surface area contributed by atoms with Crippen LogP contribution in [-0.4, -0.2) is 32.2 Å². The highest BCUT2D eigenvalue weighted by atomic mass is 35.5. The first kappa shape index (κ1) is 18.8. The van der Waals surface area contributed by atoms with Crippen LogP contribution in [0.25, 0.3) is 0 Å². The topological polar surface area (TPSA) is 54.7 Å². The predicted octanol–water partition coefficient (Wildman–Crippen LogP) is 4.63. The van der Waals surface area contributed by atoms with E-state index in [1.807, 2.05) is 18.2 Å². The molecule has 1 aromatic carbocycles. The van der Waals surface area contributed by atoms with E-state index < -0.39 is 0 Å². The van der Waals surface area contributed by atoms with Gasteiger partial charge >= 0.3 is 0 Å². The number of rotatable bonds is 3. The van der Waals surface area contributed by atoms with Gasteiger partial charge < -0.3 is 19.4 Å². The highest BCUT2D eigenvalue weighted by Crippen LogP contribution is 2.31. The SMILES string of the molecule is Cc1oc(C(C)(C)C)cc1C(=O)Nc1ccc(N2CCOCC2)c(Cl)c1.